The Balaban J connectivity index is 1.42. The summed E-state index contributed by atoms with van der Waals surface area (Å²) < 4.78 is 38.7. The fourth-order valence-electron chi connectivity index (χ4n) is 4.12. The van der Waals surface area contributed by atoms with E-state index in [1.807, 2.05) is 0 Å². The molecule has 1 saturated carbocycles. The second kappa shape index (κ2) is 6.92. The first-order chi connectivity index (χ1) is 13.3. The molecule has 2 aromatic rings. The van der Waals surface area contributed by atoms with Crippen LogP contribution in [-0.4, -0.2) is 40.3 Å². The average molecular weight is 389 g/mol. The SMILES string of the molecule is O=C(N[C@H]1C[C@@H]2C[C@H]1CN2C(=O)c1cccc(C(F)(F)F)c1)c1cccnc1. The maximum absolute atomic E-state index is 12.9. The van der Waals surface area contributed by atoms with Gasteiger partial charge in [0.25, 0.3) is 11.8 Å². The third-order valence-corrected chi connectivity index (χ3v) is 5.48. The number of fused-ring (bicyclic) bond motifs is 2. The molecule has 0 unspecified atom stereocenters. The number of nitrogens with one attached hydrogen (secondary N) is 1. The number of rotatable bonds is 3. The number of benzene rings is 1. The van der Waals surface area contributed by atoms with E-state index < -0.39 is 17.6 Å². The van der Waals surface area contributed by atoms with Gasteiger partial charge in [-0.25, -0.2) is 0 Å². The van der Waals surface area contributed by atoms with Gasteiger partial charge in [-0.15, -0.1) is 0 Å². The van der Waals surface area contributed by atoms with Gasteiger partial charge in [0.15, 0.2) is 0 Å². The van der Waals surface area contributed by atoms with Gasteiger partial charge in [0.2, 0.25) is 0 Å². The topological polar surface area (TPSA) is 62.3 Å². The minimum Gasteiger partial charge on any atom is -0.349 e. The number of amides is 2. The molecule has 3 atom stereocenters. The number of hydrogen-bond donors (Lipinski definition) is 1. The molecule has 1 aromatic heterocycles. The standard InChI is InChI=1S/C20H18F3N3O2/c21-20(22,23)15-5-1-3-12(7-15)19(28)26-11-14-8-16(26)9-17(14)25-18(27)13-4-2-6-24-10-13/h1-7,10,14,16-17H,8-9,11H2,(H,25,27)/t14-,16-,17-/m0/s1. The van der Waals surface area contributed by atoms with E-state index >= 15 is 0 Å². The molecule has 2 heterocycles. The third kappa shape index (κ3) is 3.46. The lowest BCUT2D eigenvalue weighted by atomic mass is 10.0. The largest absolute Gasteiger partial charge is 0.416 e. The Morgan fingerprint density at radius 1 is 1.11 bits per heavy atom. The van der Waals surface area contributed by atoms with Crippen molar-refractivity contribution in [2.24, 2.45) is 5.92 Å². The number of carbonyl (C=O) groups excluding carboxylic acids is 2. The summed E-state index contributed by atoms with van der Waals surface area (Å²) in [6.07, 6.45) is -0.0658. The molecule has 1 aliphatic carbocycles. The van der Waals surface area contributed by atoms with E-state index in [0.29, 0.717) is 18.5 Å². The molecule has 2 aliphatic rings. The van der Waals surface area contributed by atoms with Gasteiger partial charge < -0.3 is 10.2 Å². The van der Waals surface area contributed by atoms with Crippen molar-refractivity contribution >= 4 is 11.8 Å². The maximum Gasteiger partial charge on any atom is 0.416 e. The van der Waals surface area contributed by atoms with Crippen molar-refractivity contribution in [3.63, 3.8) is 0 Å². The number of likely N-dealkylation sites (tertiary alicyclic amines) is 1. The molecule has 8 heteroatoms. The highest BCUT2D eigenvalue weighted by Gasteiger charge is 2.47. The highest BCUT2D eigenvalue weighted by molar-refractivity contribution is 5.95. The van der Waals surface area contributed by atoms with E-state index in [1.165, 1.54) is 18.3 Å². The van der Waals surface area contributed by atoms with Crippen LogP contribution < -0.4 is 5.32 Å². The summed E-state index contributed by atoms with van der Waals surface area (Å²) in [5, 5.41) is 2.99. The van der Waals surface area contributed by atoms with Crippen molar-refractivity contribution < 1.29 is 22.8 Å². The van der Waals surface area contributed by atoms with Gasteiger partial charge >= 0.3 is 6.18 Å². The second-order valence-corrected chi connectivity index (χ2v) is 7.24. The highest BCUT2D eigenvalue weighted by Crippen LogP contribution is 2.39. The van der Waals surface area contributed by atoms with Crippen LogP contribution >= 0.6 is 0 Å². The number of nitrogens with zero attached hydrogens (tertiary/aromatic N) is 2. The van der Waals surface area contributed by atoms with Crippen LogP contribution in [0, 0.1) is 5.92 Å². The molecule has 5 nitrogen and oxygen atoms in total. The van der Waals surface area contributed by atoms with E-state index in [-0.39, 0.29) is 29.5 Å². The van der Waals surface area contributed by atoms with E-state index in [9.17, 15) is 22.8 Å². The molecule has 28 heavy (non-hydrogen) atoms. The van der Waals surface area contributed by atoms with Gasteiger partial charge in [-0.2, -0.15) is 13.2 Å². The molecule has 2 bridgehead atoms. The summed E-state index contributed by atoms with van der Waals surface area (Å²) in [5.41, 5.74) is -0.315. The van der Waals surface area contributed by atoms with Crippen LogP contribution in [0.25, 0.3) is 0 Å². The summed E-state index contributed by atoms with van der Waals surface area (Å²) >= 11 is 0. The van der Waals surface area contributed by atoms with Crippen molar-refractivity contribution in [3.8, 4) is 0 Å². The van der Waals surface area contributed by atoms with Crippen molar-refractivity contribution in [2.45, 2.75) is 31.1 Å². The monoisotopic (exact) mass is 389 g/mol. The van der Waals surface area contributed by atoms with Crippen LogP contribution in [0.2, 0.25) is 0 Å². The van der Waals surface area contributed by atoms with Crippen LogP contribution in [0.5, 0.6) is 0 Å². The number of halogens is 3. The number of pyridine rings is 1. The Morgan fingerprint density at radius 3 is 2.54 bits per heavy atom. The summed E-state index contributed by atoms with van der Waals surface area (Å²) in [4.78, 5) is 30.6. The molecule has 2 amide bonds. The predicted molar refractivity (Wildman–Crippen MR) is 94.5 cm³/mol. The normalized spacial score (nSPS) is 23.7. The molecule has 0 spiro atoms. The minimum absolute atomic E-state index is 0.0401. The smallest absolute Gasteiger partial charge is 0.349 e. The van der Waals surface area contributed by atoms with E-state index in [4.69, 9.17) is 0 Å². The van der Waals surface area contributed by atoms with Gasteiger partial charge in [-0.3, -0.25) is 14.6 Å². The van der Waals surface area contributed by atoms with Crippen molar-refractivity contribution in [1.29, 1.82) is 0 Å². The number of aromatic nitrogens is 1. The quantitative estimate of drug-likeness (QED) is 0.877. The Labute approximate surface area is 159 Å². The Bertz CT molecular complexity index is 901. The zero-order valence-electron chi connectivity index (χ0n) is 14.8. The first-order valence-corrected chi connectivity index (χ1v) is 9.02. The van der Waals surface area contributed by atoms with Crippen LogP contribution in [-0.2, 0) is 6.18 Å². The molecule has 2 fully saturated rings. The lowest BCUT2D eigenvalue weighted by molar-refractivity contribution is -0.137. The zero-order valence-corrected chi connectivity index (χ0v) is 14.8. The first kappa shape index (κ1) is 18.5. The van der Waals surface area contributed by atoms with Gasteiger partial charge in [0.1, 0.15) is 0 Å². The van der Waals surface area contributed by atoms with Crippen LogP contribution in [0.4, 0.5) is 13.2 Å². The fraction of sp³-hybridized carbons (Fsp3) is 0.350. The molecule has 146 valence electrons. The third-order valence-electron chi connectivity index (χ3n) is 5.48. The van der Waals surface area contributed by atoms with Gasteiger partial charge in [0.05, 0.1) is 11.1 Å². The number of carbonyl (C=O) groups is 2. The fourth-order valence-corrected chi connectivity index (χ4v) is 4.12. The molecule has 0 radical (unpaired) electrons. The van der Waals surface area contributed by atoms with Gasteiger partial charge in [0, 0.05) is 36.6 Å². The molecule has 1 aliphatic heterocycles. The minimum atomic E-state index is -4.48. The van der Waals surface area contributed by atoms with Crippen LogP contribution in [0.15, 0.2) is 48.8 Å². The Hall–Kier alpha value is -2.90. The lowest BCUT2D eigenvalue weighted by Gasteiger charge is -2.32. The molecule has 1 aromatic carbocycles. The first-order valence-electron chi connectivity index (χ1n) is 9.02. The molecular formula is C20H18F3N3O2. The molecule has 1 saturated heterocycles. The number of hydrogen-bond acceptors (Lipinski definition) is 3. The predicted octanol–water partition coefficient (Wildman–Crippen LogP) is 3.13. The molecular weight excluding hydrogens is 371 g/mol. The summed E-state index contributed by atoms with van der Waals surface area (Å²) in [6, 6.07) is 7.75. The van der Waals surface area contributed by atoms with E-state index in [0.717, 1.165) is 18.6 Å². The van der Waals surface area contributed by atoms with Crippen LogP contribution in [0.3, 0.4) is 0 Å². The molecule has 1 N–H and O–H groups in total. The Morgan fingerprint density at radius 2 is 1.89 bits per heavy atom. The lowest BCUT2D eigenvalue weighted by Crippen LogP contribution is -2.47. The van der Waals surface area contributed by atoms with E-state index in [2.05, 4.69) is 10.3 Å². The summed E-state index contributed by atoms with van der Waals surface area (Å²) in [5.74, 6) is -0.502. The number of piperidine rings is 1. The highest BCUT2D eigenvalue weighted by atomic mass is 19.4. The van der Waals surface area contributed by atoms with E-state index in [1.54, 1.807) is 23.2 Å². The average Bonchev–Trinajstić information content (AvgIpc) is 3.28. The van der Waals surface area contributed by atoms with Crippen molar-refractivity contribution in [2.75, 3.05) is 6.54 Å². The Kier molecular flexibility index (Phi) is 4.56. The van der Waals surface area contributed by atoms with Crippen molar-refractivity contribution in [1.82, 2.24) is 15.2 Å². The van der Waals surface area contributed by atoms with Crippen LogP contribution in [0.1, 0.15) is 39.1 Å². The zero-order chi connectivity index (χ0) is 19.9. The maximum atomic E-state index is 12.9. The molecule has 4 rings (SSSR count). The van der Waals surface area contributed by atoms with Gasteiger partial charge in [-0.1, -0.05) is 6.07 Å². The van der Waals surface area contributed by atoms with Gasteiger partial charge in [-0.05, 0) is 49.1 Å². The van der Waals surface area contributed by atoms with Crippen molar-refractivity contribution in [3.05, 3.63) is 65.5 Å². The number of alkyl halides is 3. The summed E-state index contributed by atoms with van der Waals surface area (Å²) in [6.45, 7) is 0.428. The summed E-state index contributed by atoms with van der Waals surface area (Å²) in [7, 11) is 0. The second-order valence-electron chi connectivity index (χ2n) is 7.24.